The largest absolute Gasteiger partial charge is 0.321 e. The molecule has 0 radical (unpaired) electrons. The Hall–Kier alpha value is -2.60. The van der Waals surface area contributed by atoms with Crippen LogP contribution in [0.3, 0.4) is 0 Å². The first kappa shape index (κ1) is 16.3. The molecule has 6 heteroatoms. The van der Waals surface area contributed by atoms with E-state index in [4.69, 9.17) is 0 Å². The molecule has 0 aromatic heterocycles. The Morgan fingerprint density at radius 2 is 1.79 bits per heavy atom. The van der Waals surface area contributed by atoms with Gasteiger partial charge in [-0.3, -0.25) is 19.3 Å². The number of benzene rings is 2. The summed E-state index contributed by atoms with van der Waals surface area (Å²) >= 11 is 1.70. The van der Waals surface area contributed by atoms with Gasteiger partial charge in [-0.05, 0) is 42.2 Å². The zero-order valence-corrected chi connectivity index (χ0v) is 14.1. The van der Waals surface area contributed by atoms with Gasteiger partial charge in [-0.1, -0.05) is 13.0 Å². The van der Waals surface area contributed by atoms with E-state index in [0.29, 0.717) is 16.8 Å². The summed E-state index contributed by atoms with van der Waals surface area (Å²) < 4.78 is 0. The Balaban J connectivity index is 1.86. The summed E-state index contributed by atoms with van der Waals surface area (Å²) in [6.07, 6.45) is 0. The third kappa shape index (κ3) is 2.80. The predicted molar refractivity (Wildman–Crippen MR) is 93.7 cm³/mol. The van der Waals surface area contributed by atoms with Crippen molar-refractivity contribution in [1.29, 1.82) is 0 Å². The first-order valence-corrected chi connectivity index (χ1v) is 8.51. The molecule has 0 saturated heterocycles. The molecule has 1 aliphatic heterocycles. The highest BCUT2D eigenvalue weighted by molar-refractivity contribution is 7.99. The molecule has 1 heterocycles. The molecule has 0 saturated carbocycles. The highest BCUT2D eigenvalue weighted by Gasteiger charge is 2.35. The molecule has 0 atom stereocenters. The highest BCUT2D eigenvalue weighted by atomic mass is 32.2. The van der Waals surface area contributed by atoms with E-state index in [1.54, 1.807) is 42.1 Å². The van der Waals surface area contributed by atoms with E-state index in [1.165, 1.54) is 7.05 Å². The summed E-state index contributed by atoms with van der Waals surface area (Å²) in [5.41, 5.74) is 1.41. The molecule has 5 nitrogen and oxygen atoms in total. The molecule has 1 aliphatic rings. The molecular weight excluding hydrogens is 324 g/mol. The van der Waals surface area contributed by atoms with Gasteiger partial charge in [0.1, 0.15) is 0 Å². The van der Waals surface area contributed by atoms with Crippen molar-refractivity contribution in [3.8, 4) is 0 Å². The van der Waals surface area contributed by atoms with Crippen LogP contribution < -0.4 is 5.32 Å². The minimum atomic E-state index is -0.402. The van der Waals surface area contributed by atoms with Crippen molar-refractivity contribution in [3.63, 3.8) is 0 Å². The van der Waals surface area contributed by atoms with E-state index in [0.717, 1.165) is 15.5 Å². The fourth-order valence-corrected chi connectivity index (χ4v) is 3.23. The van der Waals surface area contributed by atoms with E-state index >= 15 is 0 Å². The van der Waals surface area contributed by atoms with Gasteiger partial charge < -0.3 is 5.32 Å². The molecule has 1 N–H and O–H groups in total. The molecule has 0 bridgehead atoms. The number of hydrogen-bond donors (Lipinski definition) is 1. The SMILES string of the molecule is CCSc1ccc(C(=O)Nc2cccc3c2C(=O)N(C)C3=O)cc1. The van der Waals surface area contributed by atoms with E-state index < -0.39 is 5.91 Å². The molecule has 3 amide bonds. The zero-order chi connectivity index (χ0) is 17.3. The summed E-state index contributed by atoms with van der Waals surface area (Å²) in [7, 11) is 1.43. The van der Waals surface area contributed by atoms with Gasteiger partial charge in [0, 0.05) is 17.5 Å². The van der Waals surface area contributed by atoms with Gasteiger partial charge in [0.25, 0.3) is 17.7 Å². The number of amides is 3. The molecule has 24 heavy (non-hydrogen) atoms. The zero-order valence-electron chi connectivity index (χ0n) is 13.3. The second-order valence-electron chi connectivity index (χ2n) is 5.31. The number of thioether (sulfide) groups is 1. The maximum absolute atomic E-state index is 12.4. The maximum Gasteiger partial charge on any atom is 0.263 e. The van der Waals surface area contributed by atoms with Gasteiger partial charge in [-0.2, -0.15) is 0 Å². The molecule has 0 aliphatic carbocycles. The molecule has 3 rings (SSSR count). The Morgan fingerprint density at radius 1 is 1.08 bits per heavy atom. The summed E-state index contributed by atoms with van der Waals surface area (Å²) in [5.74, 6) is -0.107. The van der Waals surface area contributed by atoms with E-state index in [9.17, 15) is 14.4 Å². The van der Waals surface area contributed by atoms with E-state index in [2.05, 4.69) is 12.2 Å². The highest BCUT2D eigenvalue weighted by Crippen LogP contribution is 2.29. The second-order valence-corrected chi connectivity index (χ2v) is 6.65. The van der Waals surface area contributed by atoms with Crippen molar-refractivity contribution >= 4 is 35.2 Å². The normalized spacial score (nSPS) is 13.2. The lowest BCUT2D eigenvalue weighted by Gasteiger charge is -2.09. The number of carbonyl (C=O) groups excluding carboxylic acids is 3. The maximum atomic E-state index is 12.4. The first-order valence-electron chi connectivity index (χ1n) is 7.52. The Labute approximate surface area is 144 Å². The van der Waals surface area contributed by atoms with Gasteiger partial charge in [0.05, 0.1) is 16.8 Å². The number of fused-ring (bicyclic) bond motifs is 1. The minimum absolute atomic E-state index is 0.247. The van der Waals surface area contributed by atoms with Gasteiger partial charge in [-0.25, -0.2) is 0 Å². The van der Waals surface area contributed by atoms with Crippen molar-refractivity contribution in [1.82, 2.24) is 4.90 Å². The lowest BCUT2D eigenvalue weighted by molar-refractivity contribution is 0.0693. The number of carbonyl (C=O) groups is 3. The van der Waals surface area contributed by atoms with Crippen LogP contribution in [0.5, 0.6) is 0 Å². The summed E-state index contributed by atoms with van der Waals surface area (Å²) in [5, 5.41) is 2.74. The predicted octanol–water partition coefficient (Wildman–Crippen LogP) is 3.28. The average Bonchev–Trinajstić information content (AvgIpc) is 2.81. The van der Waals surface area contributed by atoms with Crippen LogP contribution >= 0.6 is 11.8 Å². The van der Waals surface area contributed by atoms with Gasteiger partial charge in [0.2, 0.25) is 0 Å². The van der Waals surface area contributed by atoms with Crippen molar-refractivity contribution in [2.75, 3.05) is 18.1 Å². The monoisotopic (exact) mass is 340 g/mol. The van der Waals surface area contributed by atoms with Crippen LogP contribution in [0, 0.1) is 0 Å². The molecule has 2 aromatic rings. The molecular formula is C18H16N2O3S. The number of nitrogens with one attached hydrogen (secondary N) is 1. The van der Waals surface area contributed by atoms with Crippen molar-refractivity contribution in [2.24, 2.45) is 0 Å². The number of nitrogens with zero attached hydrogens (tertiary/aromatic N) is 1. The van der Waals surface area contributed by atoms with Gasteiger partial charge >= 0.3 is 0 Å². The number of rotatable bonds is 4. The first-order chi connectivity index (χ1) is 11.5. The third-order valence-electron chi connectivity index (χ3n) is 3.79. The Morgan fingerprint density at radius 3 is 2.46 bits per heavy atom. The van der Waals surface area contributed by atoms with Gasteiger partial charge in [-0.15, -0.1) is 11.8 Å². The van der Waals surface area contributed by atoms with Crippen molar-refractivity contribution < 1.29 is 14.4 Å². The quantitative estimate of drug-likeness (QED) is 0.685. The average molecular weight is 340 g/mol. The summed E-state index contributed by atoms with van der Waals surface area (Å²) in [6, 6.07) is 12.1. The minimum Gasteiger partial charge on any atom is -0.321 e. The molecule has 0 fully saturated rings. The van der Waals surface area contributed by atoms with Crippen LogP contribution in [0.25, 0.3) is 0 Å². The Kier molecular flexibility index (Phi) is 4.40. The summed E-state index contributed by atoms with van der Waals surface area (Å²) in [4.78, 5) is 38.8. The third-order valence-corrected chi connectivity index (χ3v) is 4.69. The smallest absolute Gasteiger partial charge is 0.263 e. The van der Waals surface area contributed by atoms with Crippen LogP contribution in [0.4, 0.5) is 5.69 Å². The molecule has 122 valence electrons. The van der Waals surface area contributed by atoms with Crippen molar-refractivity contribution in [3.05, 3.63) is 59.2 Å². The van der Waals surface area contributed by atoms with E-state index in [1.807, 2.05) is 12.1 Å². The van der Waals surface area contributed by atoms with Crippen LogP contribution in [0.2, 0.25) is 0 Å². The molecule has 0 unspecified atom stereocenters. The fraction of sp³-hybridized carbons (Fsp3) is 0.167. The van der Waals surface area contributed by atoms with Crippen molar-refractivity contribution in [2.45, 2.75) is 11.8 Å². The van der Waals surface area contributed by atoms with Crippen LogP contribution in [-0.4, -0.2) is 35.4 Å². The lowest BCUT2D eigenvalue weighted by atomic mass is 10.1. The van der Waals surface area contributed by atoms with Gasteiger partial charge in [0.15, 0.2) is 0 Å². The lowest BCUT2D eigenvalue weighted by Crippen LogP contribution is -2.24. The van der Waals surface area contributed by atoms with E-state index in [-0.39, 0.29) is 17.4 Å². The van der Waals surface area contributed by atoms with Crippen LogP contribution in [-0.2, 0) is 0 Å². The number of imide groups is 1. The summed E-state index contributed by atoms with van der Waals surface area (Å²) in [6.45, 7) is 2.07. The van der Waals surface area contributed by atoms with Crippen LogP contribution in [0.15, 0.2) is 47.4 Å². The fourth-order valence-electron chi connectivity index (χ4n) is 2.57. The number of anilines is 1. The molecule has 2 aromatic carbocycles. The topological polar surface area (TPSA) is 66.5 Å². The second kappa shape index (κ2) is 6.49. The molecule has 0 spiro atoms. The van der Waals surface area contributed by atoms with Crippen LogP contribution in [0.1, 0.15) is 38.0 Å². The number of hydrogen-bond acceptors (Lipinski definition) is 4. The standard InChI is InChI=1S/C18H16N2O3S/c1-3-24-12-9-7-11(8-10-12)16(21)19-14-6-4-5-13-15(14)18(23)20(2)17(13)22/h4-10H,3H2,1-2H3,(H,19,21). The Bertz CT molecular complexity index is 831.